The van der Waals surface area contributed by atoms with Gasteiger partial charge in [0, 0.05) is 5.92 Å². The Morgan fingerprint density at radius 2 is 0.754 bits per heavy atom. The molecule has 0 heterocycles. The first-order valence-electron chi connectivity index (χ1n) is 25.0. The van der Waals surface area contributed by atoms with Crippen molar-refractivity contribution in [3.63, 3.8) is 0 Å². The van der Waals surface area contributed by atoms with Gasteiger partial charge < -0.3 is 0 Å². The molecule has 3 aliphatic carbocycles. The van der Waals surface area contributed by atoms with Crippen LogP contribution in [0, 0.1) is 5.92 Å². The SMILES string of the molecule is CCC1=CC=C2C=CC=C3C=CC=C1C32.CCc1ccc(-c2ccccc2)cc1.CCc1ccc2c3ccccc3c3ccccc3c2c1.CCc1ccc2cc3cc4ccccc4cc3cc2c1. The van der Waals surface area contributed by atoms with Gasteiger partial charge in [-0.15, -0.1) is 0 Å². The van der Waals surface area contributed by atoms with E-state index < -0.39 is 0 Å². The Bertz CT molecular complexity index is 3640. The van der Waals surface area contributed by atoms with Crippen LogP contribution in [-0.4, -0.2) is 0 Å². The molecule has 0 aliphatic heterocycles. The van der Waals surface area contributed by atoms with Crippen molar-refractivity contribution in [3.05, 3.63) is 276 Å². The maximum Gasteiger partial charge on any atom is 0.0342 e. The van der Waals surface area contributed by atoms with Gasteiger partial charge in [-0.05, 0) is 165 Å². The first-order chi connectivity index (χ1) is 34.0. The van der Waals surface area contributed by atoms with Gasteiger partial charge in [0.05, 0.1) is 0 Å². The first-order valence-corrected chi connectivity index (χ1v) is 25.0. The van der Waals surface area contributed by atoms with Crippen molar-refractivity contribution in [3.8, 4) is 11.1 Å². The molecule has 13 rings (SSSR count). The van der Waals surface area contributed by atoms with Crippen molar-refractivity contribution in [1.29, 1.82) is 0 Å². The molecule has 0 saturated carbocycles. The number of allylic oxidation sites excluding steroid dienone is 12. The fraction of sp³-hybridized carbons (Fsp3) is 0.130. The second kappa shape index (κ2) is 20.6. The summed E-state index contributed by atoms with van der Waals surface area (Å²) in [7, 11) is 0. The summed E-state index contributed by atoms with van der Waals surface area (Å²) in [6.07, 6.45) is 22.2. The van der Waals surface area contributed by atoms with Gasteiger partial charge in [0.1, 0.15) is 0 Å². The third kappa shape index (κ3) is 9.54. The molecule has 69 heavy (non-hydrogen) atoms. The summed E-state index contributed by atoms with van der Waals surface area (Å²) < 4.78 is 0. The lowest BCUT2D eigenvalue weighted by molar-refractivity contribution is 0.838. The lowest BCUT2D eigenvalue weighted by atomic mass is 9.73. The maximum atomic E-state index is 2.35. The monoisotopic (exact) mass is 888 g/mol. The molecule has 336 valence electrons. The van der Waals surface area contributed by atoms with E-state index >= 15 is 0 Å². The molecule has 1 atom stereocenters. The second-order valence-corrected chi connectivity index (χ2v) is 18.3. The van der Waals surface area contributed by atoms with Crippen LogP contribution in [-0.2, 0) is 19.3 Å². The van der Waals surface area contributed by atoms with Crippen molar-refractivity contribution in [1.82, 2.24) is 0 Å². The van der Waals surface area contributed by atoms with Crippen LogP contribution in [0.25, 0.3) is 75.8 Å². The van der Waals surface area contributed by atoms with E-state index in [0.29, 0.717) is 5.92 Å². The number of aryl methyl sites for hydroxylation is 3. The Morgan fingerprint density at radius 3 is 1.36 bits per heavy atom. The fourth-order valence-corrected chi connectivity index (χ4v) is 10.3. The molecule has 0 spiro atoms. The summed E-state index contributed by atoms with van der Waals surface area (Å²) >= 11 is 0. The molecular formula is C69H60. The molecule has 1 unspecified atom stereocenters. The summed E-state index contributed by atoms with van der Waals surface area (Å²) in [6.45, 7) is 8.82. The third-order valence-corrected chi connectivity index (χ3v) is 14.2. The zero-order valence-electron chi connectivity index (χ0n) is 40.4. The van der Waals surface area contributed by atoms with E-state index in [-0.39, 0.29) is 0 Å². The largest absolute Gasteiger partial charge is 0.0622 e. The number of fused-ring (bicyclic) bond motifs is 9. The molecular weight excluding hydrogens is 829 g/mol. The molecule has 0 heteroatoms. The first kappa shape index (κ1) is 45.0. The Balaban J connectivity index is 0.000000108. The predicted molar refractivity (Wildman–Crippen MR) is 302 cm³/mol. The zero-order valence-corrected chi connectivity index (χ0v) is 40.4. The summed E-state index contributed by atoms with van der Waals surface area (Å²) in [5, 5.41) is 16.1. The molecule has 0 radical (unpaired) electrons. The van der Waals surface area contributed by atoms with E-state index in [2.05, 4.69) is 258 Å². The predicted octanol–water partition coefficient (Wildman–Crippen LogP) is 19.2. The van der Waals surface area contributed by atoms with Crippen molar-refractivity contribution < 1.29 is 0 Å². The highest BCUT2D eigenvalue weighted by Gasteiger charge is 2.27. The van der Waals surface area contributed by atoms with Crippen LogP contribution in [0.2, 0.25) is 0 Å². The van der Waals surface area contributed by atoms with E-state index in [4.69, 9.17) is 0 Å². The third-order valence-electron chi connectivity index (χ3n) is 14.2. The Hall–Kier alpha value is -7.80. The van der Waals surface area contributed by atoms with E-state index in [1.54, 1.807) is 0 Å². The number of hydrogen-bond donors (Lipinski definition) is 0. The minimum absolute atomic E-state index is 0.514. The molecule has 0 saturated heterocycles. The van der Waals surface area contributed by atoms with Crippen molar-refractivity contribution in [2.75, 3.05) is 0 Å². The van der Waals surface area contributed by atoms with Crippen molar-refractivity contribution in [2.45, 2.75) is 53.4 Å². The van der Waals surface area contributed by atoms with Crippen LogP contribution in [0.4, 0.5) is 0 Å². The lowest BCUT2D eigenvalue weighted by Crippen LogP contribution is -2.17. The number of benzene rings is 10. The van der Waals surface area contributed by atoms with Crippen LogP contribution >= 0.6 is 0 Å². The highest BCUT2D eigenvalue weighted by Crippen LogP contribution is 2.42. The smallest absolute Gasteiger partial charge is 0.0342 e. The van der Waals surface area contributed by atoms with Crippen LogP contribution in [0.1, 0.15) is 50.8 Å². The van der Waals surface area contributed by atoms with Gasteiger partial charge in [0.2, 0.25) is 0 Å². The van der Waals surface area contributed by atoms with Gasteiger partial charge in [0.15, 0.2) is 0 Å². The molecule has 0 fully saturated rings. The molecule has 0 aromatic heterocycles. The van der Waals surface area contributed by atoms with Gasteiger partial charge in [-0.3, -0.25) is 0 Å². The minimum Gasteiger partial charge on any atom is -0.0622 e. The number of rotatable bonds is 5. The molecule has 0 nitrogen and oxygen atoms in total. The summed E-state index contributed by atoms with van der Waals surface area (Å²) in [5.41, 5.74) is 12.6. The quantitative estimate of drug-likeness (QED) is 0.119. The zero-order chi connectivity index (χ0) is 47.1. The summed E-state index contributed by atoms with van der Waals surface area (Å²) in [4.78, 5) is 0. The van der Waals surface area contributed by atoms with E-state index in [1.165, 1.54) is 115 Å². The Kier molecular flexibility index (Phi) is 13.4. The molecule has 0 bridgehead atoms. The van der Waals surface area contributed by atoms with E-state index in [9.17, 15) is 0 Å². The van der Waals surface area contributed by atoms with Gasteiger partial charge in [-0.1, -0.05) is 240 Å². The highest BCUT2D eigenvalue weighted by atomic mass is 14.3. The van der Waals surface area contributed by atoms with Crippen molar-refractivity contribution in [2.24, 2.45) is 5.92 Å². The second-order valence-electron chi connectivity index (χ2n) is 18.3. The average molecular weight is 889 g/mol. The Labute approximate surface area is 408 Å². The average Bonchev–Trinajstić information content (AvgIpc) is 3.42. The lowest BCUT2D eigenvalue weighted by Gasteiger charge is -2.31. The topological polar surface area (TPSA) is 0 Å². The molecule has 0 amide bonds. The van der Waals surface area contributed by atoms with Crippen LogP contribution in [0.5, 0.6) is 0 Å². The van der Waals surface area contributed by atoms with Crippen molar-refractivity contribution >= 4 is 64.6 Å². The van der Waals surface area contributed by atoms with Gasteiger partial charge >= 0.3 is 0 Å². The fourth-order valence-electron chi connectivity index (χ4n) is 10.3. The van der Waals surface area contributed by atoms with Gasteiger partial charge in [-0.2, -0.15) is 0 Å². The summed E-state index contributed by atoms with van der Waals surface area (Å²) in [6, 6.07) is 68.1. The van der Waals surface area contributed by atoms with Crippen LogP contribution in [0.3, 0.4) is 0 Å². The number of hydrogen-bond acceptors (Lipinski definition) is 0. The normalized spacial score (nSPS) is 14.4. The highest BCUT2D eigenvalue weighted by molar-refractivity contribution is 6.25. The van der Waals surface area contributed by atoms with Gasteiger partial charge in [-0.25, -0.2) is 0 Å². The molecule has 10 aromatic rings. The minimum atomic E-state index is 0.514. The molecule has 0 N–H and O–H groups in total. The summed E-state index contributed by atoms with van der Waals surface area (Å²) in [5.74, 6) is 0.514. The Morgan fingerprint density at radius 1 is 0.304 bits per heavy atom. The van der Waals surface area contributed by atoms with E-state index in [0.717, 1.165) is 25.7 Å². The maximum absolute atomic E-state index is 2.35. The van der Waals surface area contributed by atoms with E-state index in [1.807, 2.05) is 6.07 Å². The molecule has 10 aromatic carbocycles. The standard InChI is InChI=1S/2C20H16.C15H14.C14H14/c1-2-14-11-12-19-17-9-4-3-7-15(17)16-8-5-6-10-18(16)20(19)13-14;1-2-14-7-8-17-12-19-10-15-5-3-4-6-16(15)11-20(19)13-18(17)9-14;1-2-11-9-10-13-6-3-5-12-7-4-8-14(11)15(12)13;1-2-12-8-10-14(11-9-12)13-6-4-3-5-7-13/h2*3-13H,2H2,1H3;3-10,15H,2H2,1H3;3-11H,2H2,1H3. The van der Waals surface area contributed by atoms with Gasteiger partial charge in [0.25, 0.3) is 0 Å². The van der Waals surface area contributed by atoms with Crippen LogP contribution < -0.4 is 0 Å². The van der Waals surface area contributed by atoms with Crippen LogP contribution in [0.15, 0.2) is 259 Å². The molecule has 3 aliphatic rings.